The minimum absolute atomic E-state index is 0.0628. The van der Waals surface area contributed by atoms with E-state index in [9.17, 15) is 5.26 Å². The summed E-state index contributed by atoms with van der Waals surface area (Å²) in [5, 5.41) is 11.4. The van der Waals surface area contributed by atoms with Crippen LogP contribution in [0.2, 0.25) is 0 Å². The van der Waals surface area contributed by atoms with Crippen LogP contribution in [-0.4, -0.2) is 49.4 Å². The van der Waals surface area contributed by atoms with Crippen LogP contribution >= 0.6 is 0 Å². The molecule has 4 heterocycles. The zero-order valence-electron chi connectivity index (χ0n) is 36.7. The van der Waals surface area contributed by atoms with Gasteiger partial charge in [0.25, 0.3) is 0 Å². The monoisotopic (exact) mass is 866 g/mol. The Bertz CT molecular complexity index is 3210. The second-order valence-electron chi connectivity index (χ2n) is 15.5. The predicted molar refractivity (Wildman–Crippen MR) is 246 cm³/mol. The zero-order chi connectivity index (χ0) is 46.5. The minimum Gasteiger partial charge on any atom is -0.310 e. The van der Waals surface area contributed by atoms with Gasteiger partial charge in [-0.25, -0.2) is 44.9 Å². The summed E-state index contributed by atoms with van der Waals surface area (Å²) >= 11 is 0. The smallest absolute Gasteiger partial charge is 0.310 e. The van der Waals surface area contributed by atoms with Gasteiger partial charge in [0.1, 0.15) is 34.9 Å². The van der Waals surface area contributed by atoms with Gasteiger partial charge >= 0.3 is 6.18 Å². The first-order chi connectivity index (χ1) is 30.9. The molecule has 0 spiro atoms. The molecule has 322 valence electrons. The van der Waals surface area contributed by atoms with Gasteiger partial charge < -0.3 is 9.47 Å². The van der Waals surface area contributed by atoms with Crippen LogP contribution in [0.1, 0.15) is 58.8 Å². The number of fused-ring (bicyclic) bond motifs is 3. The summed E-state index contributed by atoms with van der Waals surface area (Å²) in [7, 11) is 0. The van der Waals surface area contributed by atoms with E-state index in [1.807, 2.05) is 41.0 Å². The normalized spacial score (nSPS) is 11.8. The van der Waals surface area contributed by atoms with Crippen molar-refractivity contribution in [3.63, 3.8) is 0 Å². The van der Waals surface area contributed by atoms with Crippen molar-refractivity contribution in [2.75, 3.05) is 4.90 Å². The van der Waals surface area contributed by atoms with Crippen molar-refractivity contribution in [2.45, 2.75) is 54.6 Å². The lowest BCUT2D eigenvalue weighted by molar-refractivity contribution is -0.137. The number of hydrogen-bond acceptors (Lipinski definition) is 11. The highest BCUT2D eigenvalue weighted by atomic mass is 19.4. The van der Waals surface area contributed by atoms with Crippen molar-refractivity contribution in [3.05, 3.63) is 168 Å². The summed E-state index contributed by atoms with van der Waals surface area (Å²) in [6, 6.07) is 22.3. The van der Waals surface area contributed by atoms with Gasteiger partial charge in [-0.05, 0) is 114 Å². The molecule has 8 rings (SSSR count). The van der Waals surface area contributed by atoms with Crippen molar-refractivity contribution in [1.29, 1.82) is 5.26 Å². The van der Waals surface area contributed by atoms with E-state index < -0.39 is 11.7 Å². The number of nitriles is 1. The molecule has 0 aliphatic heterocycles. The first-order valence-corrected chi connectivity index (χ1v) is 20.3. The van der Waals surface area contributed by atoms with E-state index in [-0.39, 0.29) is 33.8 Å². The SMILES string of the molecule is C=CC(=C)N(C(=C)/C=C(\C)c1nc(C)nc(C)n1)c1cc(C(F)(F)F)c(-c2cccc(C#N)c2)cc1-n1c2cc(-c3nc(C)nc(C)n3)ccc2c2ccc(-c3nc(C)nc(C)n3)cc21. The molecule has 15 heteroatoms. The molecule has 0 fully saturated rings. The maximum atomic E-state index is 15.7. The van der Waals surface area contributed by atoms with E-state index >= 15 is 13.2 Å². The van der Waals surface area contributed by atoms with Gasteiger partial charge in [-0.1, -0.05) is 56.1 Å². The lowest BCUT2D eigenvalue weighted by Crippen LogP contribution is -2.22. The Morgan fingerprint density at radius 3 is 1.63 bits per heavy atom. The van der Waals surface area contributed by atoms with E-state index in [0.717, 1.165) is 16.8 Å². The molecule has 0 atom stereocenters. The van der Waals surface area contributed by atoms with Crippen LogP contribution in [-0.2, 0) is 6.18 Å². The first kappa shape index (κ1) is 43.4. The molecule has 0 unspecified atom stereocenters. The van der Waals surface area contributed by atoms with E-state index in [0.29, 0.717) is 85.8 Å². The van der Waals surface area contributed by atoms with Crippen LogP contribution in [0.3, 0.4) is 0 Å². The number of hydrogen-bond donors (Lipinski definition) is 0. The predicted octanol–water partition coefficient (Wildman–Crippen LogP) is 11.2. The largest absolute Gasteiger partial charge is 0.417 e. The Kier molecular flexibility index (Phi) is 11.2. The average Bonchev–Trinajstić information content (AvgIpc) is 3.57. The third-order valence-electron chi connectivity index (χ3n) is 10.6. The molecule has 65 heavy (non-hydrogen) atoms. The van der Waals surface area contributed by atoms with E-state index in [2.05, 4.69) is 70.7 Å². The number of nitrogens with zero attached hydrogens (tertiary/aromatic N) is 12. The number of allylic oxidation sites excluding steroid dienone is 3. The van der Waals surface area contributed by atoms with Gasteiger partial charge in [0.15, 0.2) is 17.5 Å². The van der Waals surface area contributed by atoms with Gasteiger partial charge in [0, 0.05) is 33.3 Å². The lowest BCUT2D eigenvalue weighted by Gasteiger charge is -2.31. The number of aromatic nitrogens is 10. The molecule has 8 aromatic rings. The zero-order valence-corrected chi connectivity index (χ0v) is 36.7. The third-order valence-corrected chi connectivity index (χ3v) is 10.6. The number of benzene rings is 4. The van der Waals surface area contributed by atoms with Gasteiger partial charge in [-0.3, -0.25) is 0 Å². The standard InChI is InChI=1S/C50H41F3N12/c1-11-27(3)64(28(4)19-26(2)47-58-29(5)55-30(6)59-47)46-24-42(50(51,52)53)41(36-14-12-13-35(20-36)25-54)23-45(46)65-43-21-37(48-60-31(7)56-32(8)61-48)15-17-39(43)40-18-16-38(22-44(40)65)49-62-33(9)57-34(10)63-49/h11-24H,1,3-4H2,2,5-10H3/b26-19+. The molecule has 0 amide bonds. The topological polar surface area (TPSA) is 148 Å². The Morgan fingerprint density at radius 1 is 0.646 bits per heavy atom. The van der Waals surface area contributed by atoms with Crippen LogP contribution in [0.5, 0.6) is 0 Å². The average molecular weight is 867 g/mol. The van der Waals surface area contributed by atoms with Crippen LogP contribution in [0.4, 0.5) is 18.9 Å². The summed E-state index contributed by atoms with van der Waals surface area (Å²) in [4.78, 5) is 42.2. The highest BCUT2D eigenvalue weighted by Crippen LogP contribution is 2.46. The lowest BCUT2D eigenvalue weighted by atomic mass is 9.95. The molecule has 0 aliphatic carbocycles. The molecule has 4 aromatic heterocycles. The van der Waals surface area contributed by atoms with Crippen molar-refractivity contribution >= 4 is 33.1 Å². The maximum absolute atomic E-state index is 15.7. The van der Waals surface area contributed by atoms with Crippen LogP contribution < -0.4 is 4.90 Å². The minimum atomic E-state index is -4.87. The van der Waals surface area contributed by atoms with Crippen molar-refractivity contribution in [1.82, 2.24) is 49.4 Å². The van der Waals surface area contributed by atoms with Crippen molar-refractivity contribution in [3.8, 4) is 45.7 Å². The second kappa shape index (κ2) is 16.8. The Morgan fingerprint density at radius 2 is 1.15 bits per heavy atom. The molecule has 0 saturated carbocycles. The molecule has 0 bridgehead atoms. The molecule has 0 N–H and O–H groups in total. The van der Waals surface area contributed by atoms with Gasteiger partial charge in [-0.2, -0.15) is 18.4 Å². The number of halogens is 3. The van der Waals surface area contributed by atoms with Crippen molar-refractivity contribution < 1.29 is 13.2 Å². The molecular weight excluding hydrogens is 826 g/mol. The summed E-state index contributed by atoms with van der Waals surface area (Å²) in [6.45, 7) is 25.1. The van der Waals surface area contributed by atoms with E-state index in [1.54, 1.807) is 72.7 Å². The molecule has 12 nitrogen and oxygen atoms in total. The van der Waals surface area contributed by atoms with Crippen LogP contribution in [0.25, 0.3) is 67.0 Å². The Balaban J connectivity index is 1.53. The quantitative estimate of drug-likeness (QED) is 0.121. The molecule has 0 saturated heterocycles. The third kappa shape index (κ3) is 8.49. The second-order valence-corrected chi connectivity index (χ2v) is 15.5. The van der Waals surface area contributed by atoms with Crippen LogP contribution in [0, 0.1) is 52.9 Å². The number of aryl methyl sites for hydroxylation is 6. The van der Waals surface area contributed by atoms with E-state index in [1.165, 1.54) is 23.1 Å². The van der Waals surface area contributed by atoms with Crippen molar-refractivity contribution in [2.24, 2.45) is 0 Å². The fraction of sp³-hybridized carbons (Fsp3) is 0.160. The summed E-state index contributed by atoms with van der Waals surface area (Å²) in [5.74, 6) is 4.33. The molecule has 4 aromatic carbocycles. The molecule has 0 aliphatic rings. The number of rotatable bonds is 10. The molecular formula is C50H41F3N12. The fourth-order valence-electron chi connectivity index (χ4n) is 7.97. The van der Waals surface area contributed by atoms with Crippen LogP contribution in [0.15, 0.2) is 116 Å². The van der Waals surface area contributed by atoms with Gasteiger partial charge in [0.2, 0.25) is 0 Å². The molecule has 0 radical (unpaired) electrons. The highest BCUT2D eigenvalue weighted by molar-refractivity contribution is 6.11. The number of alkyl halides is 3. The highest BCUT2D eigenvalue weighted by Gasteiger charge is 2.37. The summed E-state index contributed by atoms with van der Waals surface area (Å²) in [6.07, 6.45) is -1.74. The summed E-state index contributed by atoms with van der Waals surface area (Å²) in [5.41, 5.74) is 3.18. The Hall–Kier alpha value is -8.25. The summed E-state index contributed by atoms with van der Waals surface area (Å²) < 4.78 is 49.0. The van der Waals surface area contributed by atoms with Gasteiger partial charge in [-0.15, -0.1) is 0 Å². The first-order valence-electron chi connectivity index (χ1n) is 20.3. The fourth-order valence-corrected chi connectivity index (χ4v) is 7.97. The Labute approximate surface area is 373 Å². The number of anilines is 1. The van der Waals surface area contributed by atoms with Gasteiger partial charge in [0.05, 0.1) is 39.6 Å². The maximum Gasteiger partial charge on any atom is 0.417 e. The van der Waals surface area contributed by atoms with E-state index in [4.69, 9.17) is 0 Å².